The van der Waals surface area contributed by atoms with Gasteiger partial charge < -0.3 is 15.5 Å². The van der Waals surface area contributed by atoms with E-state index in [0.717, 1.165) is 49.9 Å². The van der Waals surface area contributed by atoms with Gasteiger partial charge in [0, 0.05) is 30.2 Å². The van der Waals surface area contributed by atoms with Gasteiger partial charge in [-0.3, -0.25) is 4.79 Å². The lowest BCUT2D eigenvalue weighted by molar-refractivity contribution is -0.147. The van der Waals surface area contributed by atoms with Crippen LogP contribution in [0, 0.1) is 29.0 Å². The number of carbonyl (C=O) groups excluding carboxylic acids is 2. The van der Waals surface area contributed by atoms with E-state index in [1.54, 1.807) is 17.0 Å². The number of rotatable bonds is 3. The van der Waals surface area contributed by atoms with E-state index in [0.29, 0.717) is 18.8 Å². The van der Waals surface area contributed by atoms with Crippen LogP contribution in [-0.2, 0) is 4.79 Å². The van der Waals surface area contributed by atoms with Gasteiger partial charge in [0.15, 0.2) is 0 Å². The number of halogens is 1. The third-order valence-corrected chi connectivity index (χ3v) is 7.71. The Morgan fingerprint density at radius 3 is 2.21 bits per heavy atom. The zero-order valence-corrected chi connectivity index (χ0v) is 16.8. The molecule has 29 heavy (non-hydrogen) atoms. The highest BCUT2D eigenvalue weighted by Gasteiger charge is 2.54. The van der Waals surface area contributed by atoms with Gasteiger partial charge in [0.25, 0.3) is 0 Å². The average molecular weight is 400 g/mol. The molecule has 156 valence electrons. The zero-order valence-electron chi connectivity index (χ0n) is 16.8. The topological polar surface area (TPSA) is 61.4 Å². The molecule has 0 spiro atoms. The molecule has 4 aliphatic carbocycles. The summed E-state index contributed by atoms with van der Waals surface area (Å²) in [5, 5.41) is 6.10. The molecule has 0 atom stereocenters. The highest BCUT2D eigenvalue weighted by atomic mass is 19.1. The normalized spacial score (nSPS) is 33.6. The van der Waals surface area contributed by atoms with Crippen LogP contribution in [0.2, 0.25) is 0 Å². The minimum Gasteiger partial charge on any atom is -0.353 e. The van der Waals surface area contributed by atoms with Crippen LogP contribution in [0.25, 0.3) is 0 Å². The Bertz CT molecular complexity index is 768. The van der Waals surface area contributed by atoms with Crippen molar-refractivity contribution in [1.29, 1.82) is 0 Å². The van der Waals surface area contributed by atoms with Crippen molar-refractivity contribution >= 4 is 17.6 Å². The Morgan fingerprint density at radius 1 is 1.00 bits per heavy atom. The van der Waals surface area contributed by atoms with Gasteiger partial charge in [-0.2, -0.15) is 0 Å². The number of benzene rings is 1. The molecule has 4 bridgehead atoms. The number of amides is 3. The Hall–Kier alpha value is -2.11. The molecule has 6 rings (SSSR count). The third-order valence-electron chi connectivity index (χ3n) is 7.71. The van der Waals surface area contributed by atoms with Gasteiger partial charge in [0.1, 0.15) is 5.82 Å². The van der Waals surface area contributed by atoms with Crippen LogP contribution >= 0.6 is 0 Å². The number of nitrogens with zero attached hydrogens (tertiary/aromatic N) is 1. The molecule has 0 aromatic heterocycles. The first-order valence-electron chi connectivity index (χ1n) is 11.1. The summed E-state index contributed by atoms with van der Waals surface area (Å²) in [6, 6.07) is 5.87. The Balaban J connectivity index is 1.13. The molecule has 1 aromatic carbocycles. The SMILES string of the molecule is O=C(Nc1cccc(F)c1)N1CCC(NC(=O)C23CC4CC(CC(C4)C2)C3)CC1. The number of hydrogen-bond donors (Lipinski definition) is 2. The lowest BCUT2D eigenvalue weighted by atomic mass is 9.49. The van der Waals surface area contributed by atoms with E-state index < -0.39 is 0 Å². The summed E-state index contributed by atoms with van der Waals surface area (Å²) in [6.07, 6.45) is 8.81. The summed E-state index contributed by atoms with van der Waals surface area (Å²) in [5.41, 5.74) is 0.355. The molecule has 1 saturated heterocycles. The number of piperidine rings is 1. The molecule has 4 saturated carbocycles. The fourth-order valence-corrected chi connectivity index (χ4v) is 6.72. The van der Waals surface area contributed by atoms with E-state index in [1.165, 1.54) is 31.4 Å². The van der Waals surface area contributed by atoms with E-state index >= 15 is 0 Å². The van der Waals surface area contributed by atoms with Gasteiger partial charge in [-0.05, 0) is 87.3 Å². The standard InChI is InChI=1S/C23H30FN3O2/c24-18-2-1-3-20(11-18)26-22(29)27-6-4-19(5-7-27)25-21(28)23-12-15-8-16(13-23)10-17(9-15)14-23/h1-3,11,15-17,19H,4-10,12-14H2,(H,25,28)(H,26,29). The van der Waals surface area contributed by atoms with Crippen LogP contribution in [0.1, 0.15) is 51.4 Å². The molecule has 2 N–H and O–H groups in total. The maximum atomic E-state index is 13.3. The molecule has 1 aliphatic heterocycles. The fourth-order valence-electron chi connectivity index (χ4n) is 6.72. The second kappa shape index (κ2) is 7.29. The van der Waals surface area contributed by atoms with E-state index in [4.69, 9.17) is 0 Å². The maximum absolute atomic E-state index is 13.3. The number of carbonyl (C=O) groups is 2. The first-order chi connectivity index (χ1) is 14.0. The van der Waals surface area contributed by atoms with E-state index in [2.05, 4.69) is 10.6 Å². The van der Waals surface area contributed by atoms with Crippen LogP contribution in [0.4, 0.5) is 14.9 Å². The molecule has 5 nitrogen and oxygen atoms in total. The van der Waals surface area contributed by atoms with E-state index in [9.17, 15) is 14.0 Å². The van der Waals surface area contributed by atoms with Crippen molar-refractivity contribution in [2.45, 2.75) is 57.4 Å². The second-order valence-electron chi connectivity index (χ2n) is 9.87. The van der Waals surface area contributed by atoms with Crippen LogP contribution in [0.5, 0.6) is 0 Å². The molecule has 0 unspecified atom stereocenters. The Morgan fingerprint density at radius 2 is 1.62 bits per heavy atom. The van der Waals surface area contributed by atoms with Gasteiger partial charge in [0.05, 0.1) is 0 Å². The van der Waals surface area contributed by atoms with E-state index in [-0.39, 0.29) is 29.2 Å². The summed E-state index contributed by atoms with van der Waals surface area (Å²) in [7, 11) is 0. The summed E-state index contributed by atoms with van der Waals surface area (Å²) >= 11 is 0. The van der Waals surface area contributed by atoms with Crippen LogP contribution in [0.15, 0.2) is 24.3 Å². The molecule has 1 aromatic rings. The minimum absolute atomic E-state index is 0.110. The third kappa shape index (κ3) is 3.74. The van der Waals surface area contributed by atoms with Crippen molar-refractivity contribution in [1.82, 2.24) is 10.2 Å². The molecule has 5 aliphatic rings. The lowest BCUT2D eigenvalue weighted by Crippen LogP contribution is -2.56. The van der Waals surface area contributed by atoms with Crippen molar-refractivity contribution in [3.05, 3.63) is 30.1 Å². The molecular weight excluding hydrogens is 369 g/mol. The summed E-state index contributed by atoms with van der Waals surface area (Å²) in [5.74, 6) is 2.20. The van der Waals surface area contributed by atoms with Crippen LogP contribution < -0.4 is 10.6 Å². The monoisotopic (exact) mass is 399 g/mol. The molecule has 0 radical (unpaired) electrons. The van der Waals surface area contributed by atoms with Gasteiger partial charge in [-0.25, -0.2) is 9.18 Å². The molecule has 3 amide bonds. The number of likely N-dealkylation sites (tertiary alicyclic amines) is 1. The molecule has 1 heterocycles. The fraction of sp³-hybridized carbons (Fsp3) is 0.652. The molecule has 5 fully saturated rings. The quantitative estimate of drug-likeness (QED) is 0.802. The zero-order chi connectivity index (χ0) is 20.0. The maximum Gasteiger partial charge on any atom is 0.321 e. The number of urea groups is 1. The number of nitrogens with one attached hydrogen (secondary N) is 2. The molecular formula is C23H30FN3O2. The largest absolute Gasteiger partial charge is 0.353 e. The van der Waals surface area contributed by atoms with Crippen LogP contribution in [0.3, 0.4) is 0 Å². The molecule has 6 heteroatoms. The highest BCUT2D eigenvalue weighted by molar-refractivity contribution is 5.89. The summed E-state index contributed by atoms with van der Waals surface area (Å²) in [4.78, 5) is 27.4. The van der Waals surface area contributed by atoms with Crippen LogP contribution in [-0.4, -0.2) is 36.0 Å². The Labute approximate surface area is 171 Å². The van der Waals surface area contributed by atoms with Gasteiger partial charge in [0.2, 0.25) is 5.91 Å². The predicted molar refractivity (Wildman–Crippen MR) is 109 cm³/mol. The van der Waals surface area contributed by atoms with Crippen molar-refractivity contribution in [2.24, 2.45) is 23.2 Å². The minimum atomic E-state index is -0.367. The summed E-state index contributed by atoms with van der Waals surface area (Å²) < 4.78 is 13.3. The van der Waals surface area contributed by atoms with Crippen molar-refractivity contribution < 1.29 is 14.0 Å². The smallest absolute Gasteiger partial charge is 0.321 e. The van der Waals surface area contributed by atoms with Gasteiger partial charge >= 0.3 is 6.03 Å². The Kier molecular flexibility index (Phi) is 4.75. The number of hydrogen-bond acceptors (Lipinski definition) is 2. The predicted octanol–water partition coefficient (Wildman–Crippen LogP) is 4.15. The van der Waals surface area contributed by atoms with E-state index in [1.807, 2.05) is 0 Å². The van der Waals surface area contributed by atoms with Crippen molar-refractivity contribution in [3.8, 4) is 0 Å². The first kappa shape index (κ1) is 18.9. The number of anilines is 1. The average Bonchev–Trinajstić information content (AvgIpc) is 2.67. The van der Waals surface area contributed by atoms with Gasteiger partial charge in [-0.15, -0.1) is 0 Å². The second-order valence-corrected chi connectivity index (χ2v) is 9.87. The lowest BCUT2D eigenvalue weighted by Gasteiger charge is -2.56. The van der Waals surface area contributed by atoms with Crippen molar-refractivity contribution in [2.75, 3.05) is 18.4 Å². The van der Waals surface area contributed by atoms with Crippen molar-refractivity contribution in [3.63, 3.8) is 0 Å². The van der Waals surface area contributed by atoms with Gasteiger partial charge in [-0.1, -0.05) is 6.07 Å². The summed E-state index contributed by atoms with van der Waals surface area (Å²) in [6.45, 7) is 1.21. The highest BCUT2D eigenvalue weighted by Crippen LogP contribution is 2.60. The first-order valence-corrected chi connectivity index (χ1v) is 11.1.